The quantitative estimate of drug-likeness (QED) is 0.394. The third-order valence-electron chi connectivity index (χ3n) is 5.61. The maximum atomic E-state index is 6.66. The highest BCUT2D eigenvalue weighted by molar-refractivity contribution is 7.14. The molecule has 4 aromatic rings. The molecule has 2 aromatic heterocycles. The lowest BCUT2D eigenvalue weighted by Crippen LogP contribution is -2.18. The van der Waals surface area contributed by atoms with E-state index in [2.05, 4.69) is 38.8 Å². The van der Waals surface area contributed by atoms with Gasteiger partial charge in [-0.3, -0.25) is 0 Å². The topological polar surface area (TPSA) is 41.9 Å². The Morgan fingerprint density at radius 1 is 1.07 bits per heavy atom. The van der Waals surface area contributed by atoms with E-state index in [1.54, 1.807) is 11.3 Å². The Bertz CT molecular complexity index is 1180. The number of nitrogens with one attached hydrogen (secondary N) is 2. The normalized spacial score (nSPS) is 13.9. The number of benzene rings is 2. The first-order chi connectivity index (χ1) is 14.7. The molecule has 5 rings (SSSR count). The van der Waals surface area contributed by atoms with Crippen molar-refractivity contribution in [1.82, 2.24) is 14.9 Å². The number of anilines is 1. The fourth-order valence-electron chi connectivity index (χ4n) is 4.23. The molecule has 1 aliphatic rings. The van der Waals surface area contributed by atoms with E-state index < -0.39 is 0 Å². The molecule has 0 saturated heterocycles. The molecule has 3 heterocycles. The molecule has 7 heteroatoms. The van der Waals surface area contributed by atoms with Crippen LogP contribution in [0.25, 0.3) is 22.2 Å². The number of nitrogens with zero attached hydrogens (tertiary/aromatic N) is 2. The van der Waals surface area contributed by atoms with Crippen LogP contribution >= 0.6 is 34.5 Å². The molecule has 0 spiro atoms. The molecule has 154 valence electrons. The predicted octanol–water partition coefficient (Wildman–Crippen LogP) is 5.87. The Morgan fingerprint density at radius 2 is 1.90 bits per heavy atom. The van der Waals surface area contributed by atoms with Crippen LogP contribution in [0.3, 0.4) is 0 Å². The summed E-state index contributed by atoms with van der Waals surface area (Å²) in [5.74, 6) is 0. The van der Waals surface area contributed by atoms with E-state index in [0.29, 0.717) is 10.0 Å². The molecule has 2 N–H and O–H groups in total. The monoisotopic (exact) mass is 456 g/mol. The van der Waals surface area contributed by atoms with Crippen LogP contribution in [0, 0.1) is 0 Å². The van der Waals surface area contributed by atoms with E-state index in [-0.39, 0.29) is 0 Å². The second kappa shape index (κ2) is 8.60. The minimum Gasteiger partial charge on any atom is -0.360 e. The molecule has 0 fully saturated rings. The van der Waals surface area contributed by atoms with Gasteiger partial charge in [0.05, 0.1) is 21.3 Å². The number of thiazole rings is 1. The maximum absolute atomic E-state index is 6.66. The first-order valence-electron chi connectivity index (χ1n) is 10.2. The van der Waals surface area contributed by atoms with Gasteiger partial charge in [-0.05, 0) is 24.6 Å². The molecule has 4 nitrogen and oxygen atoms in total. The van der Waals surface area contributed by atoms with Crippen molar-refractivity contribution in [2.75, 3.05) is 25.0 Å². The molecule has 0 radical (unpaired) electrons. The van der Waals surface area contributed by atoms with Crippen LogP contribution in [-0.4, -0.2) is 29.2 Å². The van der Waals surface area contributed by atoms with Crippen LogP contribution in [0.2, 0.25) is 10.0 Å². The summed E-state index contributed by atoms with van der Waals surface area (Å²) in [5.41, 5.74) is 5.96. The van der Waals surface area contributed by atoms with Crippen molar-refractivity contribution in [1.29, 1.82) is 0 Å². The molecule has 1 aliphatic heterocycles. The second-order valence-corrected chi connectivity index (χ2v) is 9.06. The van der Waals surface area contributed by atoms with Crippen LogP contribution in [0.4, 0.5) is 5.13 Å². The summed E-state index contributed by atoms with van der Waals surface area (Å²) >= 11 is 14.7. The SMILES string of the molecule is Clc1ccc2c3c(n(CCNc4nc(-c5ccccc5)cs4)c2c1Cl)CCNCC3. The van der Waals surface area contributed by atoms with E-state index in [9.17, 15) is 0 Å². The first-order valence-corrected chi connectivity index (χ1v) is 11.8. The molecule has 0 amide bonds. The van der Waals surface area contributed by atoms with Crippen molar-refractivity contribution in [3.05, 3.63) is 69.1 Å². The Kier molecular flexibility index (Phi) is 5.70. The van der Waals surface area contributed by atoms with Crippen molar-refractivity contribution in [3.8, 4) is 11.3 Å². The Hall–Kier alpha value is -2.05. The van der Waals surface area contributed by atoms with Crippen molar-refractivity contribution in [2.24, 2.45) is 0 Å². The number of hydrogen-bond donors (Lipinski definition) is 2. The Balaban J connectivity index is 1.40. The van der Waals surface area contributed by atoms with Crippen LogP contribution in [-0.2, 0) is 19.4 Å². The van der Waals surface area contributed by atoms with Crippen molar-refractivity contribution < 1.29 is 0 Å². The van der Waals surface area contributed by atoms with Crippen molar-refractivity contribution >= 4 is 50.6 Å². The summed E-state index contributed by atoms with van der Waals surface area (Å²) in [6.45, 7) is 3.56. The number of rotatable bonds is 5. The van der Waals surface area contributed by atoms with E-state index in [1.165, 1.54) is 16.6 Å². The summed E-state index contributed by atoms with van der Waals surface area (Å²) in [7, 11) is 0. The maximum Gasteiger partial charge on any atom is 0.183 e. The van der Waals surface area contributed by atoms with Crippen molar-refractivity contribution in [2.45, 2.75) is 19.4 Å². The molecule has 0 unspecified atom stereocenters. The van der Waals surface area contributed by atoms with Gasteiger partial charge in [0, 0.05) is 48.1 Å². The fourth-order valence-corrected chi connectivity index (χ4v) is 5.40. The van der Waals surface area contributed by atoms with Crippen molar-refractivity contribution in [3.63, 3.8) is 0 Å². The van der Waals surface area contributed by atoms with Gasteiger partial charge in [-0.2, -0.15) is 0 Å². The average molecular weight is 457 g/mol. The molecule has 0 atom stereocenters. The lowest BCUT2D eigenvalue weighted by Gasteiger charge is -2.12. The smallest absolute Gasteiger partial charge is 0.183 e. The molecule has 2 aromatic carbocycles. The van der Waals surface area contributed by atoms with Crippen LogP contribution in [0.15, 0.2) is 47.8 Å². The van der Waals surface area contributed by atoms with Gasteiger partial charge >= 0.3 is 0 Å². The van der Waals surface area contributed by atoms with Gasteiger partial charge in [0.25, 0.3) is 0 Å². The molecule has 0 aliphatic carbocycles. The summed E-state index contributed by atoms with van der Waals surface area (Å²) in [6.07, 6.45) is 2.00. The molecule has 0 bridgehead atoms. The molecule has 30 heavy (non-hydrogen) atoms. The van der Waals surface area contributed by atoms with Gasteiger partial charge in [-0.15, -0.1) is 11.3 Å². The zero-order valence-electron chi connectivity index (χ0n) is 16.4. The minimum atomic E-state index is 0.608. The zero-order chi connectivity index (χ0) is 20.5. The molecular formula is C23H22Cl2N4S. The van der Waals surface area contributed by atoms with Gasteiger partial charge < -0.3 is 15.2 Å². The van der Waals surface area contributed by atoms with E-state index in [1.807, 2.05) is 24.3 Å². The van der Waals surface area contributed by atoms with Gasteiger partial charge in [0.2, 0.25) is 0 Å². The predicted molar refractivity (Wildman–Crippen MR) is 128 cm³/mol. The highest BCUT2D eigenvalue weighted by atomic mass is 35.5. The largest absolute Gasteiger partial charge is 0.360 e. The summed E-state index contributed by atoms with van der Waals surface area (Å²) < 4.78 is 2.35. The van der Waals surface area contributed by atoms with E-state index in [4.69, 9.17) is 28.2 Å². The Morgan fingerprint density at radius 3 is 2.77 bits per heavy atom. The third-order valence-corrected chi connectivity index (χ3v) is 7.21. The van der Waals surface area contributed by atoms with E-state index >= 15 is 0 Å². The lowest BCUT2D eigenvalue weighted by molar-refractivity contribution is 0.674. The fraction of sp³-hybridized carbons (Fsp3) is 0.261. The number of hydrogen-bond acceptors (Lipinski definition) is 4. The summed E-state index contributed by atoms with van der Waals surface area (Å²) in [5, 5.41) is 12.5. The number of fused-ring (bicyclic) bond motifs is 3. The van der Waals surface area contributed by atoms with Gasteiger partial charge in [0.1, 0.15) is 0 Å². The average Bonchev–Trinajstić information content (AvgIpc) is 3.26. The number of halogens is 2. The minimum absolute atomic E-state index is 0.608. The van der Waals surface area contributed by atoms with E-state index in [0.717, 1.165) is 60.9 Å². The lowest BCUT2D eigenvalue weighted by atomic mass is 10.1. The highest BCUT2D eigenvalue weighted by Crippen LogP contribution is 2.37. The standard InChI is InChI=1S/C23H22Cl2N4S/c24-18-7-6-17-16-8-10-26-11-9-20(16)29(22(17)21(18)25)13-12-27-23-28-19(14-30-23)15-4-2-1-3-5-15/h1-7,14,26H,8-13H2,(H,27,28). The summed E-state index contributed by atoms with van der Waals surface area (Å²) in [4.78, 5) is 4.74. The van der Waals surface area contributed by atoms with Crippen LogP contribution in [0.5, 0.6) is 0 Å². The van der Waals surface area contributed by atoms with Gasteiger partial charge in [0.15, 0.2) is 5.13 Å². The second-order valence-electron chi connectivity index (χ2n) is 7.42. The van der Waals surface area contributed by atoms with Crippen LogP contribution in [0.1, 0.15) is 11.3 Å². The highest BCUT2D eigenvalue weighted by Gasteiger charge is 2.21. The third kappa shape index (κ3) is 3.71. The first kappa shape index (κ1) is 19.9. The molecular weight excluding hydrogens is 435 g/mol. The zero-order valence-corrected chi connectivity index (χ0v) is 18.7. The Labute approximate surface area is 189 Å². The van der Waals surface area contributed by atoms with Gasteiger partial charge in [-0.1, -0.05) is 59.6 Å². The van der Waals surface area contributed by atoms with Crippen LogP contribution < -0.4 is 10.6 Å². The summed E-state index contributed by atoms with van der Waals surface area (Å²) in [6, 6.07) is 14.3. The molecule has 0 saturated carbocycles. The number of aromatic nitrogens is 2. The van der Waals surface area contributed by atoms with Gasteiger partial charge in [-0.25, -0.2) is 4.98 Å².